The van der Waals surface area contributed by atoms with Gasteiger partial charge in [-0.25, -0.2) is 14.4 Å². The molecule has 0 aliphatic carbocycles. The second-order valence-electron chi connectivity index (χ2n) is 7.27. The summed E-state index contributed by atoms with van der Waals surface area (Å²) >= 11 is 12.9. The molecule has 1 aromatic heterocycles. The van der Waals surface area contributed by atoms with Gasteiger partial charge < -0.3 is 10.1 Å². The van der Waals surface area contributed by atoms with E-state index in [1.165, 1.54) is 23.5 Å². The number of hydrogen-bond donors (Lipinski definition) is 2. The topological polar surface area (TPSA) is 83.6 Å². The van der Waals surface area contributed by atoms with Gasteiger partial charge in [0.1, 0.15) is 11.6 Å². The van der Waals surface area contributed by atoms with Gasteiger partial charge in [0.05, 0.1) is 15.2 Å². The van der Waals surface area contributed by atoms with Gasteiger partial charge in [-0.05, 0) is 43.2 Å². The number of rotatable bonds is 6. The first-order valence-electron chi connectivity index (χ1n) is 9.86. The summed E-state index contributed by atoms with van der Waals surface area (Å²) in [6.45, 7) is 0.892. The van der Waals surface area contributed by atoms with Crippen LogP contribution in [0.3, 0.4) is 0 Å². The third kappa shape index (κ3) is 5.66. The Labute approximate surface area is 197 Å². The number of halogens is 3. The largest absolute Gasteiger partial charge is 0.484 e. The van der Waals surface area contributed by atoms with Crippen LogP contribution in [0.5, 0.6) is 5.75 Å². The fourth-order valence-electron chi connectivity index (χ4n) is 3.30. The van der Waals surface area contributed by atoms with Crippen LogP contribution in [0.2, 0.25) is 10.0 Å². The molecule has 0 spiro atoms. The molecule has 0 radical (unpaired) electrons. The van der Waals surface area contributed by atoms with E-state index in [0.29, 0.717) is 41.5 Å². The summed E-state index contributed by atoms with van der Waals surface area (Å²) in [5.41, 5.74) is 3.46. The number of amides is 2. The van der Waals surface area contributed by atoms with Crippen molar-refractivity contribution >= 4 is 56.6 Å². The van der Waals surface area contributed by atoms with E-state index in [-0.39, 0.29) is 35.2 Å². The van der Waals surface area contributed by atoms with Crippen molar-refractivity contribution in [3.05, 3.63) is 57.3 Å². The molecule has 1 aliphatic rings. The first-order chi connectivity index (χ1) is 15.4. The minimum absolute atomic E-state index is 0.00991. The van der Waals surface area contributed by atoms with Gasteiger partial charge in [0.25, 0.3) is 11.8 Å². The van der Waals surface area contributed by atoms with Crippen molar-refractivity contribution in [2.45, 2.75) is 18.9 Å². The average Bonchev–Trinajstić information content (AvgIpc) is 3.19. The third-order valence-electron chi connectivity index (χ3n) is 4.92. The lowest BCUT2D eigenvalue weighted by molar-refractivity contribution is -0.128. The van der Waals surface area contributed by atoms with Gasteiger partial charge in [-0.2, -0.15) is 0 Å². The van der Waals surface area contributed by atoms with Gasteiger partial charge in [-0.1, -0.05) is 23.2 Å². The van der Waals surface area contributed by atoms with Gasteiger partial charge in [0.15, 0.2) is 11.6 Å². The van der Waals surface area contributed by atoms with E-state index in [2.05, 4.69) is 15.7 Å². The van der Waals surface area contributed by atoms with Crippen molar-refractivity contribution in [3.63, 3.8) is 0 Å². The zero-order valence-electron chi connectivity index (χ0n) is 16.7. The number of ether oxygens (including phenoxy) is 1. The minimum atomic E-state index is -0.608. The lowest BCUT2D eigenvalue weighted by Gasteiger charge is -2.32. The normalized spacial score (nSPS) is 15.0. The molecular weight excluding hydrogens is 478 g/mol. The Morgan fingerprint density at radius 1 is 1.19 bits per heavy atom. The molecule has 32 heavy (non-hydrogen) atoms. The molecule has 0 bridgehead atoms. The Bertz CT molecular complexity index is 1150. The monoisotopic (exact) mass is 496 g/mol. The van der Waals surface area contributed by atoms with Crippen molar-refractivity contribution in [2.24, 2.45) is 0 Å². The summed E-state index contributed by atoms with van der Waals surface area (Å²) < 4.78 is 19.6. The van der Waals surface area contributed by atoms with E-state index in [4.69, 9.17) is 27.9 Å². The average molecular weight is 497 g/mol. The molecule has 11 heteroatoms. The molecule has 2 heterocycles. The molecule has 0 unspecified atom stereocenters. The second-order valence-corrected chi connectivity index (χ2v) is 9.14. The lowest BCUT2D eigenvalue weighted by atomic mass is 10.1. The number of benzene rings is 2. The van der Waals surface area contributed by atoms with E-state index in [9.17, 15) is 14.0 Å². The maximum Gasteiger partial charge on any atom is 0.280 e. The van der Waals surface area contributed by atoms with Gasteiger partial charge in [-0.15, -0.1) is 11.3 Å². The number of fused-ring (bicyclic) bond motifs is 1. The van der Waals surface area contributed by atoms with Crippen molar-refractivity contribution in [1.82, 2.24) is 20.7 Å². The van der Waals surface area contributed by atoms with Crippen LogP contribution in [0.25, 0.3) is 10.2 Å². The Hall–Kier alpha value is -2.46. The molecule has 1 aliphatic heterocycles. The summed E-state index contributed by atoms with van der Waals surface area (Å²) in [5, 5.41) is 5.75. The van der Waals surface area contributed by atoms with E-state index >= 15 is 0 Å². The molecular formula is C21H19Cl2FN4O3S. The van der Waals surface area contributed by atoms with Gasteiger partial charge in [0.2, 0.25) is 0 Å². The van der Waals surface area contributed by atoms with Crippen LogP contribution in [-0.2, 0) is 4.79 Å². The first kappa shape index (κ1) is 22.7. The Balaban J connectivity index is 1.21. The third-order valence-corrected chi connectivity index (χ3v) is 6.49. The molecule has 3 aromatic rings. The number of piperidine rings is 1. The minimum Gasteiger partial charge on any atom is -0.484 e. The number of hydrogen-bond acceptors (Lipinski definition) is 6. The predicted molar refractivity (Wildman–Crippen MR) is 122 cm³/mol. The summed E-state index contributed by atoms with van der Waals surface area (Å²) in [7, 11) is 0. The second kappa shape index (κ2) is 9.99. The Kier molecular flexibility index (Phi) is 7.10. The van der Waals surface area contributed by atoms with Crippen LogP contribution in [0, 0.1) is 5.82 Å². The number of thiazole rings is 1. The fraction of sp³-hybridized carbons (Fsp3) is 0.286. The maximum absolute atomic E-state index is 13.4. The van der Waals surface area contributed by atoms with Crippen LogP contribution in [0.15, 0.2) is 36.4 Å². The van der Waals surface area contributed by atoms with E-state index < -0.39 is 5.82 Å². The van der Waals surface area contributed by atoms with Crippen LogP contribution < -0.4 is 15.5 Å². The smallest absolute Gasteiger partial charge is 0.280 e. The number of nitrogens with one attached hydrogen (secondary N) is 2. The Morgan fingerprint density at radius 3 is 2.72 bits per heavy atom. The van der Waals surface area contributed by atoms with Gasteiger partial charge >= 0.3 is 0 Å². The molecule has 1 saturated heterocycles. The summed E-state index contributed by atoms with van der Waals surface area (Å²) in [5.74, 6) is -0.951. The zero-order chi connectivity index (χ0) is 22.7. The van der Waals surface area contributed by atoms with Gasteiger partial charge in [-0.3, -0.25) is 15.0 Å². The summed E-state index contributed by atoms with van der Waals surface area (Å²) in [6, 6.07) is 9.33. The molecule has 2 aromatic carbocycles. The highest BCUT2D eigenvalue weighted by Crippen LogP contribution is 2.25. The molecule has 7 nitrogen and oxygen atoms in total. The SMILES string of the molecule is O=C(COc1ccc(Cl)c(F)c1)NN1CCC(NC(=O)c2nc3cc(Cl)ccc3s2)CC1. The predicted octanol–water partition coefficient (Wildman–Crippen LogP) is 4.05. The number of nitrogens with zero attached hydrogens (tertiary/aromatic N) is 2. The molecule has 0 saturated carbocycles. The van der Waals surface area contributed by atoms with Crippen molar-refractivity contribution in [2.75, 3.05) is 19.7 Å². The Morgan fingerprint density at radius 2 is 1.97 bits per heavy atom. The van der Waals surface area contributed by atoms with E-state index in [1.54, 1.807) is 17.1 Å². The lowest BCUT2D eigenvalue weighted by Crippen LogP contribution is -2.52. The molecule has 2 amide bonds. The highest BCUT2D eigenvalue weighted by molar-refractivity contribution is 7.20. The van der Waals surface area contributed by atoms with Crippen molar-refractivity contribution in [3.8, 4) is 5.75 Å². The van der Waals surface area contributed by atoms with Crippen molar-refractivity contribution < 1.29 is 18.7 Å². The van der Waals surface area contributed by atoms with Crippen LogP contribution in [-0.4, -0.2) is 47.5 Å². The van der Waals surface area contributed by atoms with Gasteiger partial charge in [0, 0.05) is 30.2 Å². The van der Waals surface area contributed by atoms with E-state index in [1.807, 2.05) is 6.07 Å². The highest BCUT2D eigenvalue weighted by Gasteiger charge is 2.23. The quantitative estimate of drug-likeness (QED) is 0.537. The maximum atomic E-state index is 13.4. The molecule has 4 rings (SSSR count). The summed E-state index contributed by atoms with van der Waals surface area (Å²) in [6.07, 6.45) is 1.35. The van der Waals surface area contributed by atoms with Crippen molar-refractivity contribution in [1.29, 1.82) is 0 Å². The molecule has 2 N–H and O–H groups in total. The molecule has 168 valence electrons. The van der Waals surface area contributed by atoms with E-state index in [0.717, 1.165) is 10.8 Å². The number of carbonyl (C=O) groups is 2. The standard InChI is InChI=1S/C21H19Cl2FN4O3S/c22-12-1-4-18-17(9-12)26-21(32-18)20(30)25-13-5-7-28(8-6-13)27-19(29)11-31-14-2-3-15(23)16(24)10-14/h1-4,9-10,13H,5-8,11H2,(H,25,30)(H,27,29). The van der Waals surface area contributed by atoms with Crippen LogP contribution in [0.4, 0.5) is 4.39 Å². The number of aromatic nitrogens is 1. The fourth-order valence-corrected chi connectivity index (χ4v) is 4.44. The van der Waals surface area contributed by atoms with Crippen LogP contribution in [0.1, 0.15) is 22.6 Å². The van der Waals surface area contributed by atoms with Crippen LogP contribution >= 0.6 is 34.5 Å². The number of hydrazine groups is 1. The number of carbonyl (C=O) groups excluding carboxylic acids is 2. The molecule has 1 fully saturated rings. The highest BCUT2D eigenvalue weighted by atomic mass is 35.5. The zero-order valence-corrected chi connectivity index (χ0v) is 19.1. The molecule has 0 atom stereocenters. The summed E-state index contributed by atoms with van der Waals surface area (Å²) in [4.78, 5) is 29.0. The first-order valence-corrected chi connectivity index (χ1v) is 11.4.